The second kappa shape index (κ2) is 9.66. The predicted octanol–water partition coefficient (Wildman–Crippen LogP) is 3.66. The van der Waals surface area contributed by atoms with Crippen LogP contribution in [0.25, 0.3) is 0 Å². The van der Waals surface area contributed by atoms with Gasteiger partial charge >= 0.3 is 0 Å². The van der Waals surface area contributed by atoms with Crippen molar-refractivity contribution in [1.29, 1.82) is 0 Å². The number of rotatable bonds is 8. The molecular weight excluding hydrogens is 314 g/mol. The molecule has 5 nitrogen and oxygen atoms in total. The van der Waals surface area contributed by atoms with Crippen molar-refractivity contribution in [3.63, 3.8) is 0 Å². The van der Waals surface area contributed by atoms with Crippen LogP contribution >= 0.6 is 0 Å². The molecule has 5 heteroatoms. The number of para-hydroxylation sites is 1. The first-order chi connectivity index (χ1) is 12.1. The molecule has 0 saturated heterocycles. The third-order valence-corrected chi connectivity index (χ3v) is 4.31. The van der Waals surface area contributed by atoms with Crippen molar-refractivity contribution in [3.05, 3.63) is 29.8 Å². The van der Waals surface area contributed by atoms with Crippen LogP contribution < -0.4 is 15.4 Å². The summed E-state index contributed by atoms with van der Waals surface area (Å²) in [6.07, 6.45) is 4.18. The highest BCUT2D eigenvalue weighted by atomic mass is 16.5. The summed E-state index contributed by atoms with van der Waals surface area (Å²) in [5.74, 6) is 1.78. The fourth-order valence-corrected chi connectivity index (χ4v) is 3.02. The second-order valence-corrected chi connectivity index (χ2v) is 7.12. The van der Waals surface area contributed by atoms with E-state index in [9.17, 15) is 0 Å². The molecule has 0 aromatic heterocycles. The van der Waals surface area contributed by atoms with Crippen LogP contribution in [0.3, 0.4) is 0 Å². The quantitative estimate of drug-likeness (QED) is 0.428. The molecule has 1 aromatic rings. The van der Waals surface area contributed by atoms with Crippen LogP contribution in [0, 0.1) is 0 Å². The Labute approximate surface area is 152 Å². The molecule has 1 unspecified atom stereocenters. The van der Waals surface area contributed by atoms with Crippen molar-refractivity contribution in [1.82, 2.24) is 10.6 Å². The Balaban J connectivity index is 1.85. The summed E-state index contributed by atoms with van der Waals surface area (Å²) in [5.41, 5.74) is 0.991. The zero-order valence-corrected chi connectivity index (χ0v) is 16.1. The van der Waals surface area contributed by atoms with Crippen LogP contribution in [0.15, 0.2) is 29.3 Å². The van der Waals surface area contributed by atoms with Gasteiger partial charge in [0.2, 0.25) is 0 Å². The van der Waals surface area contributed by atoms with E-state index in [1.54, 1.807) is 0 Å². The van der Waals surface area contributed by atoms with Crippen LogP contribution in [0.1, 0.15) is 58.1 Å². The van der Waals surface area contributed by atoms with Crippen molar-refractivity contribution >= 4 is 5.96 Å². The van der Waals surface area contributed by atoms with Crippen LogP contribution in [0.2, 0.25) is 0 Å². The van der Waals surface area contributed by atoms with Gasteiger partial charge < -0.3 is 20.1 Å². The normalized spacial score (nSPS) is 19.0. The number of benzene rings is 1. The predicted molar refractivity (Wildman–Crippen MR) is 103 cm³/mol. The van der Waals surface area contributed by atoms with E-state index in [1.165, 1.54) is 12.0 Å². The molecule has 1 atom stereocenters. The van der Waals surface area contributed by atoms with Gasteiger partial charge in [-0.25, -0.2) is 0 Å². The summed E-state index contributed by atoms with van der Waals surface area (Å²) in [4.78, 5) is 4.36. The number of fused-ring (bicyclic) bond motifs is 1. The van der Waals surface area contributed by atoms with Crippen molar-refractivity contribution in [3.8, 4) is 5.75 Å². The molecule has 1 aliphatic rings. The van der Waals surface area contributed by atoms with Gasteiger partial charge in [0.1, 0.15) is 11.4 Å². The molecule has 1 heterocycles. The summed E-state index contributed by atoms with van der Waals surface area (Å²) >= 11 is 0. The molecule has 0 aliphatic carbocycles. The highest BCUT2D eigenvalue weighted by molar-refractivity contribution is 5.80. The number of ether oxygens (including phenoxy) is 2. The van der Waals surface area contributed by atoms with Gasteiger partial charge in [-0.3, -0.25) is 4.99 Å². The Morgan fingerprint density at radius 2 is 2.04 bits per heavy atom. The average molecular weight is 348 g/mol. The number of nitrogens with zero attached hydrogens (tertiary/aromatic N) is 1. The number of nitrogens with one attached hydrogen (secondary N) is 2. The number of unbranched alkanes of at least 4 members (excludes halogenated alkanes) is 1. The lowest BCUT2D eigenvalue weighted by atomic mass is 9.90. The van der Waals surface area contributed by atoms with Crippen LogP contribution in [0.4, 0.5) is 0 Å². The molecule has 0 fully saturated rings. The van der Waals surface area contributed by atoms with Gasteiger partial charge in [0.15, 0.2) is 5.96 Å². The van der Waals surface area contributed by atoms with E-state index in [0.29, 0.717) is 0 Å². The van der Waals surface area contributed by atoms with E-state index in [-0.39, 0.29) is 11.6 Å². The molecule has 1 aliphatic heterocycles. The molecule has 2 N–H and O–H groups in total. The maximum atomic E-state index is 6.09. The molecular formula is C20H33N3O2. The fourth-order valence-electron chi connectivity index (χ4n) is 3.02. The number of guanidine groups is 1. The lowest BCUT2D eigenvalue weighted by Crippen LogP contribution is -2.45. The molecule has 1 aromatic carbocycles. The number of hydrogen-bond acceptors (Lipinski definition) is 3. The largest absolute Gasteiger partial charge is 0.487 e. The molecule has 0 spiro atoms. The Bertz CT molecular complexity index is 558. The van der Waals surface area contributed by atoms with Crippen molar-refractivity contribution in [2.45, 2.75) is 58.1 Å². The summed E-state index contributed by atoms with van der Waals surface area (Å²) < 4.78 is 11.7. The SMILES string of the molecule is CCCCOCCCNC(=NC)NC1CC(C)(C)Oc2ccccc21. The third-order valence-electron chi connectivity index (χ3n) is 4.31. The summed E-state index contributed by atoms with van der Waals surface area (Å²) in [7, 11) is 1.81. The van der Waals surface area contributed by atoms with Crippen LogP contribution in [-0.4, -0.2) is 38.4 Å². The molecule has 0 radical (unpaired) electrons. The molecule has 25 heavy (non-hydrogen) atoms. The van der Waals surface area contributed by atoms with Gasteiger partial charge in [0.05, 0.1) is 6.04 Å². The minimum absolute atomic E-state index is 0.187. The summed E-state index contributed by atoms with van der Waals surface area (Å²) in [6, 6.07) is 8.42. The Morgan fingerprint density at radius 1 is 1.28 bits per heavy atom. The van der Waals surface area contributed by atoms with E-state index in [0.717, 1.165) is 50.7 Å². The maximum Gasteiger partial charge on any atom is 0.191 e. The van der Waals surface area contributed by atoms with Crippen LogP contribution in [-0.2, 0) is 4.74 Å². The van der Waals surface area contributed by atoms with Gasteiger partial charge in [0, 0.05) is 38.8 Å². The van der Waals surface area contributed by atoms with Crippen molar-refractivity contribution < 1.29 is 9.47 Å². The van der Waals surface area contributed by atoms with E-state index in [4.69, 9.17) is 9.47 Å². The molecule has 0 bridgehead atoms. The Kier molecular flexibility index (Phi) is 7.56. The van der Waals surface area contributed by atoms with Crippen LogP contribution in [0.5, 0.6) is 5.75 Å². The first kappa shape index (κ1) is 19.6. The lowest BCUT2D eigenvalue weighted by Gasteiger charge is -2.38. The van der Waals surface area contributed by atoms with Gasteiger partial charge in [-0.15, -0.1) is 0 Å². The van der Waals surface area contributed by atoms with Gasteiger partial charge in [-0.2, -0.15) is 0 Å². The number of hydrogen-bond donors (Lipinski definition) is 2. The molecule has 2 rings (SSSR count). The van der Waals surface area contributed by atoms with E-state index >= 15 is 0 Å². The zero-order valence-electron chi connectivity index (χ0n) is 16.1. The topological polar surface area (TPSA) is 54.9 Å². The van der Waals surface area contributed by atoms with Gasteiger partial charge in [-0.05, 0) is 32.8 Å². The maximum absolute atomic E-state index is 6.09. The highest BCUT2D eigenvalue weighted by Gasteiger charge is 2.33. The minimum Gasteiger partial charge on any atom is -0.487 e. The summed E-state index contributed by atoms with van der Waals surface area (Å²) in [5, 5.41) is 6.93. The van der Waals surface area contributed by atoms with Gasteiger partial charge in [0.25, 0.3) is 0 Å². The van der Waals surface area contributed by atoms with Crippen molar-refractivity contribution in [2.24, 2.45) is 4.99 Å². The Hall–Kier alpha value is -1.75. The molecule has 0 amide bonds. The highest BCUT2D eigenvalue weighted by Crippen LogP contribution is 2.39. The minimum atomic E-state index is -0.196. The standard InChI is InChI=1S/C20H33N3O2/c1-5-6-13-24-14-9-12-22-19(21-4)23-17-15-20(2,3)25-18-11-8-7-10-16(17)18/h7-8,10-11,17H,5-6,9,12-15H2,1-4H3,(H2,21,22,23). The number of aliphatic imine (C=N–C) groups is 1. The van der Waals surface area contributed by atoms with E-state index in [1.807, 2.05) is 19.2 Å². The smallest absolute Gasteiger partial charge is 0.191 e. The monoisotopic (exact) mass is 347 g/mol. The van der Waals surface area contributed by atoms with Gasteiger partial charge in [-0.1, -0.05) is 31.5 Å². The van der Waals surface area contributed by atoms with E-state index in [2.05, 4.69) is 48.5 Å². The average Bonchev–Trinajstić information content (AvgIpc) is 2.58. The van der Waals surface area contributed by atoms with E-state index < -0.39 is 0 Å². The third kappa shape index (κ3) is 6.24. The fraction of sp³-hybridized carbons (Fsp3) is 0.650. The second-order valence-electron chi connectivity index (χ2n) is 7.12. The lowest BCUT2D eigenvalue weighted by molar-refractivity contribution is 0.0694. The first-order valence-electron chi connectivity index (χ1n) is 9.38. The molecule has 0 saturated carbocycles. The van der Waals surface area contributed by atoms with Crippen molar-refractivity contribution in [2.75, 3.05) is 26.8 Å². The zero-order chi connectivity index (χ0) is 18.1. The molecule has 140 valence electrons. The first-order valence-corrected chi connectivity index (χ1v) is 9.38. The summed E-state index contributed by atoms with van der Waals surface area (Å²) in [6.45, 7) is 8.92. The Morgan fingerprint density at radius 3 is 2.80 bits per heavy atom.